The van der Waals surface area contributed by atoms with Crippen molar-refractivity contribution in [3.8, 4) is 11.1 Å². The van der Waals surface area contributed by atoms with Crippen molar-refractivity contribution >= 4 is 0 Å². The van der Waals surface area contributed by atoms with Gasteiger partial charge in [-0.3, -0.25) is 5.10 Å². The van der Waals surface area contributed by atoms with Gasteiger partial charge in [0, 0.05) is 5.69 Å². The average molecular weight is 176 g/mol. The highest BCUT2D eigenvalue weighted by atomic mass is 19.1. The standard InChI is InChI=1S/C10H9FN2/c1-7-9(10(11)13-12-7)8-5-3-2-4-6-8/h2-6H,1H3,(H,12,13). The summed E-state index contributed by atoms with van der Waals surface area (Å²) in [5, 5.41) is 6.11. The topological polar surface area (TPSA) is 28.7 Å². The van der Waals surface area contributed by atoms with Crippen LogP contribution in [-0.2, 0) is 0 Å². The maximum atomic E-state index is 13.2. The van der Waals surface area contributed by atoms with Gasteiger partial charge in [-0.1, -0.05) is 30.3 Å². The summed E-state index contributed by atoms with van der Waals surface area (Å²) in [4.78, 5) is 0. The van der Waals surface area contributed by atoms with Crippen LogP contribution in [0.3, 0.4) is 0 Å². The number of hydrogen-bond acceptors (Lipinski definition) is 1. The molecular weight excluding hydrogens is 167 g/mol. The van der Waals surface area contributed by atoms with Crippen LogP contribution < -0.4 is 0 Å². The van der Waals surface area contributed by atoms with E-state index in [1.165, 1.54) is 0 Å². The van der Waals surface area contributed by atoms with E-state index in [-0.39, 0.29) is 0 Å². The van der Waals surface area contributed by atoms with Crippen LogP contribution in [0.1, 0.15) is 5.69 Å². The predicted octanol–water partition coefficient (Wildman–Crippen LogP) is 2.52. The molecule has 0 aliphatic rings. The number of hydrogen-bond donors (Lipinski definition) is 1. The molecule has 0 radical (unpaired) electrons. The summed E-state index contributed by atoms with van der Waals surface area (Å²) in [5.74, 6) is -0.441. The SMILES string of the molecule is Cc1[nH]nc(F)c1-c1ccccc1. The lowest BCUT2D eigenvalue weighted by atomic mass is 10.1. The Labute approximate surface area is 75.4 Å². The summed E-state index contributed by atoms with van der Waals surface area (Å²) in [6, 6.07) is 9.38. The van der Waals surface area contributed by atoms with Crippen molar-refractivity contribution in [3.05, 3.63) is 42.0 Å². The van der Waals surface area contributed by atoms with E-state index in [0.29, 0.717) is 5.56 Å². The Bertz CT molecular complexity index is 387. The molecule has 0 saturated heterocycles. The average Bonchev–Trinajstić information content (AvgIpc) is 2.48. The van der Waals surface area contributed by atoms with E-state index in [0.717, 1.165) is 11.3 Å². The molecule has 2 rings (SSSR count). The number of aromatic amines is 1. The summed E-state index contributed by atoms with van der Waals surface area (Å²) < 4.78 is 13.2. The van der Waals surface area contributed by atoms with Gasteiger partial charge in [-0.15, -0.1) is 5.10 Å². The van der Waals surface area contributed by atoms with Crippen LogP contribution in [0.25, 0.3) is 11.1 Å². The third kappa shape index (κ3) is 1.33. The Kier molecular flexibility index (Phi) is 1.85. The van der Waals surface area contributed by atoms with Gasteiger partial charge < -0.3 is 0 Å². The van der Waals surface area contributed by atoms with E-state index in [4.69, 9.17) is 0 Å². The van der Waals surface area contributed by atoms with Crippen LogP contribution >= 0.6 is 0 Å². The number of halogens is 1. The van der Waals surface area contributed by atoms with Gasteiger partial charge in [0.25, 0.3) is 0 Å². The van der Waals surface area contributed by atoms with E-state index < -0.39 is 5.95 Å². The van der Waals surface area contributed by atoms with Gasteiger partial charge in [0.05, 0.1) is 5.56 Å². The molecule has 3 heteroatoms. The smallest absolute Gasteiger partial charge is 0.240 e. The summed E-state index contributed by atoms with van der Waals surface area (Å²) in [6.45, 7) is 1.80. The molecule has 1 heterocycles. The van der Waals surface area contributed by atoms with Crippen LogP contribution in [0.2, 0.25) is 0 Å². The van der Waals surface area contributed by atoms with Crippen molar-refractivity contribution in [2.24, 2.45) is 0 Å². The highest BCUT2D eigenvalue weighted by Gasteiger charge is 2.10. The molecule has 0 saturated carbocycles. The molecule has 0 unspecified atom stereocenters. The Balaban J connectivity index is 2.59. The molecule has 0 aliphatic carbocycles. The normalized spacial score (nSPS) is 10.3. The predicted molar refractivity (Wildman–Crippen MR) is 48.7 cm³/mol. The Morgan fingerprint density at radius 3 is 2.46 bits per heavy atom. The Morgan fingerprint density at radius 2 is 1.92 bits per heavy atom. The number of benzene rings is 1. The number of H-pyrrole nitrogens is 1. The van der Waals surface area contributed by atoms with Gasteiger partial charge in [0.1, 0.15) is 0 Å². The van der Waals surface area contributed by atoms with Gasteiger partial charge in [-0.2, -0.15) is 4.39 Å². The number of nitrogens with one attached hydrogen (secondary N) is 1. The first-order valence-electron chi connectivity index (χ1n) is 4.05. The van der Waals surface area contributed by atoms with E-state index in [2.05, 4.69) is 10.2 Å². The molecule has 1 aromatic heterocycles. The number of aromatic nitrogens is 2. The third-order valence-corrected chi connectivity index (χ3v) is 1.97. The zero-order valence-corrected chi connectivity index (χ0v) is 7.21. The van der Waals surface area contributed by atoms with Crippen molar-refractivity contribution in [1.29, 1.82) is 0 Å². The van der Waals surface area contributed by atoms with Crippen LogP contribution in [0, 0.1) is 12.9 Å². The second-order valence-corrected chi connectivity index (χ2v) is 2.88. The van der Waals surface area contributed by atoms with Gasteiger partial charge in [0.15, 0.2) is 0 Å². The van der Waals surface area contributed by atoms with Gasteiger partial charge in [-0.25, -0.2) is 0 Å². The minimum atomic E-state index is -0.441. The van der Waals surface area contributed by atoms with Crippen LogP contribution in [0.15, 0.2) is 30.3 Å². The van der Waals surface area contributed by atoms with Crippen molar-refractivity contribution in [3.63, 3.8) is 0 Å². The summed E-state index contributed by atoms with van der Waals surface area (Å²) in [6.07, 6.45) is 0. The highest BCUT2D eigenvalue weighted by Crippen LogP contribution is 2.23. The second kappa shape index (κ2) is 3.01. The fraction of sp³-hybridized carbons (Fsp3) is 0.100. The number of nitrogens with zero attached hydrogens (tertiary/aromatic N) is 1. The first kappa shape index (κ1) is 7.98. The molecular formula is C10H9FN2. The Hall–Kier alpha value is -1.64. The van der Waals surface area contributed by atoms with Crippen LogP contribution in [0.5, 0.6) is 0 Å². The highest BCUT2D eigenvalue weighted by molar-refractivity contribution is 5.65. The summed E-state index contributed by atoms with van der Waals surface area (Å²) in [5.41, 5.74) is 2.16. The van der Waals surface area contributed by atoms with E-state index in [1.54, 1.807) is 6.92 Å². The lowest BCUT2D eigenvalue weighted by molar-refractivity contribution is 0.582. The zero-order valence-electron chi connectivity index (χ0n) is 7.21. The lowest BCUT2D eigenvalue weighted by Gasteiger charge is -1.97. The van der Waals surface area contributed by atoms with Crippen molar-refractivity contribution in [2.45, 2.75) is 6.92 Å². The molecule has 0 amide bonds. The van der Waals surface area contributed by atoms with Gasteiger partial charge >= 0.3 is 0 Å². The molecule has 2 aromatic rings. The van der Waals surface area contributed by atoms with E-state index in [9.17, 15) is 4.39 Å². The largest absolute Gasteiger partial charge is 0.279 e. The van der Waals surface area contributed by atoms with Crippen molar-refractivity contribution in [2.75, 3.05) is 0 Å². The monoisotopic (exact) mass is 176 g/mol. The van der Waals surface area contributed by atoms with Crippen LogP contribution in [-0.4, -0.2) is 10.2 Å². The number of aryl methyl sites for hydroxylation is 1. The lowest BCUT2D eigenvalue weighted by Crippen LogP contribution is -1.81. The molecule has 13 heavy (non-hydrogen) atoms. The molecule has 66 valence electrons. The second-order valence-electron chi connectivity index (χ2n) is 2.88. The Morgan fingerprint density at radius 1 is 1.23 bits per heavy atom. The van der Waals surface area contributed by atoms with Crippen molar-refractivity contribution in [1.82, 2.24) is 10.2 Å². The van der Waals surface area contributed by atoms with Crippen LogP contribution in [0.4, 0.5) is 4.39 Å². The molecule has 1 aromatic carbocycles. The van der Waals surface area contributed by atoms with E-state index >= 15 is 0 Å². The summed E-state index contributed by atoms with van der Waals surface area (Å²) >= 11 is 0. The quantitative estimate of drug-likeness (QED) is 0.710. The first-order chi connectivity index (χ1) is 6.29. The maximum Gasteiger partial charge on any atom is 0.240 e. The summed E-state index contributed by atoms with van der Waals surface area (Å²) in [7, 11) is 0. The molecule has 0 spiro atoms. The van der Waals surface area contributed by atoms with Gasteiger partial charge in [0.2, 0.25) is 5.95 Å². The maximum absolute atomic E-state index is 13.2. The van der Waals surface area contributed by atoms with Gasteiger partial charge in [-0.05, 0) is 12.5 Å². The molecule has 0 atom stereocenters. The first-order valence-corrected chi connectivity index (χ1v) is 4.05. The molecule has 0 fully saturated rings. The fourth-order valence-corrected chi connectivity index (χ4v) is 1.34. The minimum absolute atomic E-state index is 0.441. The zero-order chi connectivity index (χ0) is 9.26. The molecule has 1 N–H and O–H groups in total. The molecule has 0 aliphatic heterocycles. The number of rotatable bonds is 1. The van der Waals surface area contributed by atoms with E-state index in [1.807, 2.05) is 30.3 Å². The minimum Gasteiger partial charge on any atom is -0.279 e. The molecule has 0 bridgehead atoms. The fourth-order valence-electron chi connectivity index (χ4n) is 1.34. The van der Waals surface area contributed by atoms with Crippen molar-refractivity contribution < 1.29 is 4.39 Å². The molecule has 2 nitrogen and oxygen atoms in total. The third-order valence-electron chi connectivity index (χ3n) is 1.97.